The van der Waals surface area contributed by atoms with Gasteiger partial charge in [-0.05, 0) is 42.3 Å². The quantitative estimate of drug-likeness (QED) is 0.298. The molecule has 33 heavy (non-hydrogen) atoms. The largest absolute Gasteiger partial charge is 0.432 e. The van der Waals surface area contributed by atoms with Crippen molar-refractivity contribution < 1.29 is 14.0 Å². The molecule has 1 amide bonds. The molecular formula is C26H22Cl2N2O3. The summed E-state index contributed by atoms with van der Waals surface area (Å²) in [5.74, 6) is -0.773. The van der Waals surface area contributed by atoms with E-state index in [2.05, 4.69) is 5.32 Å². The molecule has 7 heteroatoms. The lowest BCUT2D eigenvalue weighted by Gasteiger charge is -2.12. The van der Waals surface area contributed by atoms with Crippen molar-refractivity contribution >= 4 is 51.7 Å². The van der Waals surface area contributed by atoms with Crippen molar-refractivity contribution in [1.82, 2.24) is 4.98 Å². The second-order valence-electron chi connectivity index (χ2n) is 8.23. The summed E-state index contributed by atoms with van der Waals surface area (Å²) in [4.78, 5) is 29.6. The molecular weight excluding hydrogens is 459 g/mol. The number of benzene rings is 2. The number of halogens is 2. The van der Waals surface area contributed by atoms with Gasteiger partial charge in [0.05, 0.1) is 16.1 Å². The Balaban J connectivity index is 2.07. The number of aromatic nitrogens is 1. The number of furan rings is 1. The number of ketones is 1. The Hall–Kier alpha value is -3.15. The second-order valence-corrected chi connectivity index (χ2v) is 9.08. The van der Waals surface area contributed by atoms with Gasteiger partial charge in [0.2, 0.25) is 17.4 Å². The number of Topliss-reactive ketones (excluding diaryl/α,β-unsaturated/α-hetero) is 1. The minimum absolute atomic E-state index is 0.0805. The Morgan fingerprint density at radius 3 is 2.30 bits per heavy atom. The van der Waals surface area contributed by atoms with Gasteiger partial charge < -0.3 is 9.73 Å². The Morgan fingerprint density at radius 1 is 1.00 bits per heavy atom. The topological polar surface area (TPSA) is 72.2 Å². The number of nitrogens with zero attached hydrogens (tertiary/aromatic N) is 1. The number of nitrogens with one attached hydrogen (secondary N) is 1. The fraction of sp³-hybridized carbons (Fsp3) is 0.192. The molecule has 0 aliphatic heterocycles. The molecule has 0 bridgehead atoms. The van der Waals surface area contributed by atoms with E-state index in [0.717, 1.165) is 22.3 Å². The van der Waals surface area contributed by atoms with Gasteiger partial charge in [-0.25, -0.2) is 4.98 Å². The minimum atomic E-state index is -0.320. The van der Waals surface area contributed by atoms with Crippen molar-refractivity contribution in [2.45, 2.75) is 27.7 Å². The molecule has 2 aromatic heterocycles. The SMILES string of the molecule is CC(=O)Nc1c(C(=O)C(C)C)oc2nc(-c3ccc(C)cc3Cl)c(-c3ccc(Cl)cc3)cc12. The van der Waals surface area contributed by atoms with Gasteiger partial charge in [0, 0.05) is 29.0 Å². The molecule has 5 nitrogen and oxygen atoms in total. The number of hydrogen-bond acceptors (Lipinski definition) is 4. The van der Waals surface area contributed by atoms with Crippen LogP contribution in [0.15, 0.2) is 52.9 Å². The molecule has 0 atom stereocenters. The third kappa shape index (κ3) is 4.52. The first-order valence-electron chi connectivity index (χ1n) is 10.5. The van der Waals surface area contributed by atoms with Crippen molar-refractivity contribution in [3.05, 3.63) is 69.9 Å². The third-order valence-corrected chi connectivity index (χ3v) is 5.83. The standard InChI is InChI=1S/C26H22Cl2N2O3/c1-13(2)24(32)25-23(29-15(4)31)20-12-19(16-6-8-17(27)9-7-16)22(30-26(20)33-25)18-10-5-14(3)11-21(18)28/h5-13H,1-4H3,(H,29,31). The lowest BCUT2D eigenvalue weighted by molar-refractivity contribution is -0.114. The van der Waals surface area contributed by atoms with Gasteiger partial charge in [0.1, 0.15) is 5.69 Å². The molecule has 0 aliphatic rings. The first kappa shape index (κ1) is 23.0. The predicted molar refractivity (Wildman–Crippen MR) is 133 cm³/mol. The van der Waals surface area contributed by atoms with E-state index in [4.69, 9.17) is 32.6 Å². The zero-order valence-electron chi connectivity index (χ0n) is 18.6. The highest BCUT2D eigenvalue weighted by atomic mass is 35.5. The maximum absolute atomic E-state index is 12.8. The Kier molecular flexibility index (Phi) is 6.28. The number of hydrogen-bond donors (Lipinski definition) is 1. The first-order valence-corrected chi connectivity index (χ1v) is 11.2. The highest BCUT2D eigenvalue weighted by Gasteiger charge is 2.26. The zero-order chi connectivity index (χ0) is 23.9. The van der Waals surface area contributed by atoms with Crippen molar-refractivity contribution in [3.63, 3.8) is 0 Å². The fourth-order valence-corrected chi connectivity index (χ4v) is 4.08. The van der Waals surface area contributed by atoms with E-state index in [-0.39, 0.29) is 29.1 Å². The average molecular weight is 481 g/mol. The highest BCUT2D eigenvalue weighted by molar-refractivity contribution is 6.33. The van der Waals surface area contributed by atoms with Crippen LogP contribution in [0.1, 0.15) is 36.9 Å². The summed E-state index contributed by atoms with van der Waals surface area (Å²) < 4.78 is 5.92. The molecule has 0 radical (unpaired) electrons. The van der Waals surface area contributed by atoms with Gasteiger partial charge in [-0.15, -0.1) is 0 Å². The summed E-state index contributed by atoms with van der Waals surface area (Å²) in [6.45, 7) is 6.90. The van der Waals surface area contributed by atoms with Crippen LogP contribution in [0, 0.1) is 12.8 Å². The fourth-order valence-electron chi connectivity index (χ4n) is 3.63. The number of carbonyl (C=O) groups is 2. The van der Waals surface area contributed by atoms with E-state index >= 15 is 0 Å². The van der Waals surface area contributed by atoms with Crippen LogP contribution in [0.2, 0.25) is 10.0 Å². The molecule has 4 rings (SSSR count). The predicted octanol–water partition coefficient (Wildman–Crippen LogP) is 7.57. The van der Waals surface area contributed by atoms with Crippen LogP contribution in [0.25, 0.3) is 33.5 Å². The molecule has 2 heterocycles. The van der Waals surface area contributed by atoms with Crippen molar-refractivity contribution in [3.8, 4) is 22.4 Å². The minimum Gasteiger partial charge on any atom is -0.432 e. The van der Waals surface area contributed by atoms with Gasteiger partial charge in [-0.1, -0.05) is 61.3 Å². The van der Waals surface area contributed by atoms with Gasteiger partial charge >= 0.3 is 0 Å². The number of amides is 1. The van der Waals surface area contributed by atoms with Crippen LogP contribution >= 0.6 is 23.2 Å². The third-order valence-electron chi connectivity index (χ3n) is 5.27. The van der Waals surface area contributed by atoms with Gasteiger partial charge in [-0.2, -0.15) is 0 Å². The number of carbonyl (C=O) groups excluding carboxylic acids is 2. The van der Waals surface area contributed by atoms with Crippen molar-refractivity contribution in [2.75, 3.05) is 5.32 Å². The van der Waals surface area contributed by atoms with E-state index in [1.807, 2.05) is 43.3 Å². The average Bonchev–Trinajstić information content (AvgIpc) is 3.09. The van der Waals surface area contributed by atoms with E-state index in [1.165, 1.54) is 6.92 Å². The van der Waals surface area contributed by atoms with Crippen molar-refractivity contribution in [1.29, 1.82) is 0 Å². The Morgan fingerprint density at radius 2 is 1.70 bits per heavy atom. The number of pyridine rings is 1. The molecule has 0 aliphatic carbocycles. The van der Waals surface area contributed by atoms with Crippen LogP contribution in [-0.2, 0) is 4.79 Å². The van der Waals surface area contributed by atoms with Gasteiger partial charge in [0.25, 0.3) is 0 Å². The summed E-state index contributed by atoms with van der Waals surface area (Å²) in [6, 6.07) is 14.9. The maximum atomic E-state index is 12.8. The lowest BCUT2D eigenvalue weighted by atomic mass is 9.97. The van der Waals surface area contributed by atoms with Crippen LogP contribution in [0.3, 0.4) is 0 Å². The highest BCUT2D eigenvalue weighted by Crippen LogP contribution is 2.41. The maximum Gasteiger partial charge on any atom is 0.229 e. The van der Waals surface area contributed by atoms with Gasteiger partial charge in [-0.3, -0.25) is 9.59 Å². The van der Waals surface area contributed by atoms with E-state index in [1.54, 1.807) is 26.0 Å². The van der Waals surface area contributed by atoms with E-state index < -0.39 is 0 Å². The summed E-state index contributed by atoms with van der Waals surface area (Å²) in [6.07, 6.45) is 0. The zero-order valence-corrected chi connectivity index (χ0v) is 20.1. The molecule has 2 aromatic carbocycles. The molecule has 0 spiro atoms. The van der Waals surface area contributed by atoms with Gasteiger partial charge in [0.15, 0.2) is 5.76 Å². The molecule has 0 saturated heterocycles. The number of fused-ring (bicyclic) bond motifs is 1. The van der Waals surface area contributed by atoms with Crippen LogP contribution in [0.5, 0.6) is 0 Å². The summed E-state index contributed by atoms with van der Waals surface area (Å²) in [5.41, 5.74) is 4.53. The number of rotatable bonds is 5. The summed E-state index contributed by atoms with van der Waals surface area (Å²) in [7, 11) is 0. The van der Waals surface area contributed by atoms with Crippen LogP contribution < -0.4 is 5.32 Å². The number of aryl methyl sites for hydroxylation is 1. The molecule has 0 unspecified atom stereocenters. The summed E-state index contributed by atoms with van der Waals surface area (Å²) >= 11 is 12.7. The molecule has 4 aromatic rings. The molecule has 0 saturated carbocycles. The van der Waals surface area contributed by atoms with E-state index in [9.17, 15) is 9.59 Å². The molecule has 1 N–H and O–H groups in total. The van der Waals surface area contributed by atoms with Crippen LogP contribution in [-0.4, -0.2) is 16.7 Å². The first-order chi connectivity index (χ1) is 15.7. The molecule has 0 fully saturated rings. The monoisotopic (exact) mass is 480 g/mol. The Bertz CT molecular complexity index is 1390. The Labute approximate surface area is 201 Å². The second kappa shape index (κ2) is 9.00. The lowest BCUT2D eigenvalue weighted by Crippen LogP contribution is -2.12. The number of anilines is 1. The summed E-state index contributed by atoms with van der Waals surface area (Å²) in [5, 5.41) is 4.44. The van der Waals surface area contributed by atoms with Crippen molar-refractivity contribution in [2.24, 2.45) is 5.92 Å². The molecule has 168 valence electrons. The normalized spacial score (nSPS) is 11.2. The smallest absolute Gasteiger partial charge is 0.229 e. The van der Waals surface area contributed by atoms with E-state index in [0.29, 0.717) is 26.8 Å². The van der Waals surface area contributed by atoms with Crippen LogP contribution in [0.4, 0.5) is 5.69 Å².